The normalized spacial score (nSPS) is 11.9. The monoisotopic (exact) mass is 378 g/mol. The molecule has 0 unspecified atom stereocenters. The van der Waals surface area contributed by atoms with Crippen LogP contribution in [0.25, 0.3) is 11.3 Å². The van der Waals surface area contributed by atoms with E-state index < -0.39 is 17.8 Å². The summed E-state index contributed by atoms with van der Waals surface area (Å²) in [5, 5.41) is 7.52. The summed E-state index contributed by atoms with van der Waals surface area (Å²) < 4.78 is 54.4. The fraction of sp³-hybridized carbons (Fsp3) is 0.176. The average molecular weight is 378 g/mol. The van der Waals surface area contributed by atoms with Gasteiger partial charge in [0.25, 0.3) is 0 Å². The highest BCUT2D eigenvalue weighted by atomic mass is 19.4. The van der Waals surface area contributed by atoms with Crippen LogP contribution in [0.4, 0.5) is 23.5 Å². The Balaban J connectivity index is 1.90. The van der Waals surface area contributed by atoms with Crippen LogP contribution in [-0.4, -0.2) is 26.0 Å². The SMILES string of the molecule is CCn1ncc(/C=N\Nc2nc(-c3ccccc3)cc(C(F)(F)F)n2)c1F. The molecule has 0 saturated carbocycles. The number of rotatable bonds is 5. The summed E-state index contributed by atoms with van der Waals surface area (Å²) in [5.74, 6) is -0.957. The van der Waals surface area contributed by atoms with Crippen LogP contribution < -0.4 is 5.43 Å². The lowest BCUT2D eigenvalue weighted by atomic mass is 10.1. The van der Waals surface area contributed by atoms with Crippen LogP contribution in [0.5, 0.6) is 0 Å². The van der Waals surface area contributed by atoms with E-state index in [-0.39, 0.29) is 17.2 Å². The average Bonchev–Trinajstić information content (AvgIpc) is 3.01. The Morgan fingerprint density at radius 2 is 1.93 bits per heavy atom. The minimum absolute atomic E-state index is 0.0830. The number of hydrogen-bond acceptors (Lipinski definition) is 5. The molecular weight excluding hydrogens is 364 g/mol. The van der Waals surface area contributed by atoms with Crippen molar-refractivity contribution < 1.29 is 17.6 Å². The molecule has 0 saturated heterocycles. The van der Waals surface area contributed by atoms with Crippen LogP contribution in [0.1, 0.15) is 18.2 Å². The van der Waals surface area contributed by atoms with Gasteiger partial charge in [0.15, 0.2) is 5.69 Å². The summed E-state index contributed by atoms with van der Waals surface area (Å²) in [6.07, 6.45) is -2.30. The van der Waals surface area contributed by atoms with Gasteiger partial charge in [-0.2, -0.15) is 27.8 Å². The third-order valence-corrected chi connectivity index (χ3v) is 3.55. The Bertz CT molecular complexity index is 950. The third kappa shape index (κ3) is 4.27. The fourth-order valence-corrected chi connectivity index (χ4v) is 2.25. The highest BCUT2D eigenvalue weighted by molar-refractivity contribution is 5.79. The molecule has 27 heavy (non-hydrogen) atoms. The van der Waals surface area contributed by atoms with Gasteiger partial charge in [-0.05, 0) is 13.0 Å². The first kappa shape index (κ1) is 18.5. The lowest BCUT2D eigenvalue weighted by Gasteiger charge is -2.10. The number of aryl methyl sites for hydroxylation is 1. The number of hydrogen-bond donors (Lipinski definition) is 1. The van der Waals surface area contributed by atoms with Crippen molar-refractivity contribution in [2.75, 3.05) is 5.43 Å². The molecule has 2 aromatic heterocycles. The Morgan fingerprint density at radius 3 is 2.56 bits per heavy atom. The zero-order chi connectivity index (χ0) is 19.4. The second kappa shape index (κ2) is 7.52. The predicted octanol–water partition coefficient (Wildman–Crippen LogP) is 3.96. The van der Waals surface area contributed by atoms with Gasteiger partial charge < -0.3 is 0 Å². The maximum atomic E-state index is 13.9. The van der Waals surface area contributed by atoms with Gasteiger partial charge in [0.05, 0.1) is 23.7 Å². The number of benzene rings is 1. The van der Waals surface area contributed by atoms with Crippen molar-refractivity contribution in [2.45, 2.75) is 19.6 Å². The molecule has 0 spiro atoms. The molecule has 3 aromatic rings. The van der Waals surface area contributed by atoms with Crippen LogP contribution in [0.2, 0.25) is 0 Å². The number of anilines is 1. The topological polar surface area (TPSA) is 68.0 Å². The second-order valence-electron chi connectivity index (χ2n) is 5.40. The Morgan fingerprint density at radius 1 is 1.19 bits per heavy atom. The predicted molar refractivity (Wildman–Crippen MR) is 91.5 cm³/mol. The van der Waals surface area contributed by atoms with Crippen molar-refractivity contribution in [1.29, 1.82) is 0 Å². The number of nitrogens with one attached hydrogen (secondary N) is 1. The van der Waals surface area contributed by atoms with E-state index in [0.29, 0.717) is 12.1 Å². The Labute approximate surface area is 151 Å². The zero-order valence-electron chi connectivity index (χ0n) is 14.1. The van der Waals surface area contributed by atoms with Crippen LogP contribution in [-0.2, 0) is 12.7 Å². The number of aromatic nitrogens is 4. The molecule has 1 aromatic carbocycles. The van der Waals surface area contributed by atoms with Crippen molar-refractivity contribution in [1.82, 2.24) is 19.7 Å². The third-order valence-electron chi connectivity index (χ3n) is 3.55. The highest BCUT2D eigenvalue weighted by Gasteiger charge is 2.33. The highest BCUT2D eigenvalue weighted by Crippen LogP contribution is 2.31. The standard InChI is InChI=1S/C17H14F4N6/c1-2-27-15(18)12(10-23-27)9-22-26-16-24-13(11-6-4-3-5-7-11)8-14(25-16)17(19,20)21/h3-10H,2H2,1H3,(H,24,25,26)/b22-9-. The number of nitrogens with zero attached hydrogens (tertiary/aromatic N) is 5. The Kier molecular flexibility index (Phi) is 5.15. The first-order valence-corrected chi connectivity index (χ1v) is 7.90. The van der Waals surface area contributed by atoms with Crippen LogP contribution in [0.3, 0.4) is 0 Å². The maximum absolute atomic E-state index is 13.9. The molecule has 0 bridgehead atoms. The van der Waals surface area contributed by atoms with Crippen LogP contribution >= 0.6 is 0 Å². The van der Waals surface area contributed by atoms with Crippen molar-refractivity contribution in [3.8, 4) is 11.3 Å². The van der Waals surface area contributed by atoms with Gasteiger partial charge in [0.2, 0.25) is 11.9 Å². The summed E-state index contributed by atoms with van der Waals surface area (Å²) in [5.41, 5.74) is 1.86. The van der Waals surface area contributed by atoms with Crippen molar-refractivity contribution in [3.63, 3.8) is 0 Å². The molecule has 0 atom stereocenters. The van der Waals surface area contributed by atoms with Gasteiger partial charge in [-0.25, -0.2) is 20.1 Å². The molecule has 1 N–H and O–H groups in total. The Hall–Kier alpha value is -3.30. The maximum Gasteiger partial charge on any atom is 0.433 e. The molecule has 6 nitrogen and oxygen atoms in total. The molecular formula is C17H14F4N6. The van der Waals surface area contributed by atoms with Crippen molar-refractivity contribution in [3.05, 3.63) is 59.8 Å². The van der Waals surface area contributed by atoms with E-state index in [9.17, 15) is 17.6 Å². The van der Waals surface area contributed by atoms with E-state index in [1.54, 1.807) is 37.3 Å². The second-order valence-corrected chi connectivity index (χ2v) is 5.40. The molecule has 3 rings (SSSR count). The minimum Gasteiger partial charge on any atom is -0.245 e. The van der Waals surface area contributed by atoms with Gasteiger partial charge >= 0.3 is 6.18 Å². The van der Waals surface area contributed by atoms with Crippen LogP contribution in [0.15, 0.2) is 47.7 Å². The molecule has 0 aliphatic rings. The molecule has 0 fully saturated rings. The van der Waals surface area contributed by atoms with E-state index in [1.165, 1.54) is 6.20 Å². The lowest BCUT2D eigenvalue weighted by Crippen LogP contribution is -2.11. The summed E-state index contributed by atoms with van der Waals surface area (Å²) in [7, 11) is 0. The van der Waals surface area contributed by atoms with E-state index in [0.717, 1.165) is 17.0 Å². The summed E-state index contributed by atoms with van der Waals surface area (Å²) in [4.78, 5) is 7.47. The van der Waals surface area contributed by atoms with Gasteiger partial charge in [-0.1, -0.05) is 30.3 Å². The summed E-state index contributed by atoms with van der Waals surface area (Å²) in [6, 6.07) is 9.22. The molecule has 0 amide bonds. The summed E-state index contributed by atoms with van der Waals surface area (Å²) in [6.45, 7) is 2.06. The quantitative estimate of drug-likeness (QED) is 0.415. The molecule has 0 aliphatic carbocycles. The fourth-order valence-electron chi connectivity index (χ4n) is 2.25. The zero-order valence-corrected chi connectivity index (χ0v) is 14.1. The van der Waals surface area contributed by atoms with Gasteiger partial charge in [-0.3, -0.25) is 0 Å². The smallest absolute Gasteiger partial charge is 0.245 e. The first-order valence-electron chi connectivity index (χ1n) is 7.90. The van der Waals surface area contributed by atoms with E-state index in [1.807, 2.05) is 0 Å². The summed E-state index contributed by atoms with van der Waals surface area (Å²) >= 11 is 0. The number of hydrazone groups is 1. The largest absolute Gasteiger partial charge is 0.433 e. The lowest BCUT2D eigenvalue weighted by molar-refractivity contribution is -0.141. The van der Waals surface area contributed by atoms with E-state index >= 15 is 0 Å². The molecule has 10 heteroatoms. The number of alkyl halides is 3. The van der Waals surface area contributed by atoms with E-state index in [2.05, 4.69) is 25.6 Å². The van der Waals surface area contributed by atoms with Gasteiger partial charge in [0.1, 0.15) is 0 Å². The minimum atomic E-state index is -4.65. The molecule has 140 valence electrons. The van der Waals surface area contributed by atoms with Crippen molar-refractivity contribution in [2.24, 2.45) is 5.10 Å². The number of halogens is 4. The molecule has 0 radical (unpaired) electrons. The van der Waals surface area contributed by atoms with Gasteiger partial charge in [0, 0.05) is 12.1 Å². The van der Waals surface area contributed by atoms with E-state index in [4.69, 9.17) is 0 Å². The molecule has 2 heterocycles. The first-order chi connectivity index (χ1) is 12.9. The van der Waals surface area contributed by atoms with Gasteiger partial charge in [-0.15, -0.1) is 0 Å². The van der Waals surface area contributed by atoms with Crippen molar-refractivity contribution >= 4 is 12.2 Å². The molecule has 0 aliphatic heterocycles. The van der Waals surface area contributed by atoms with Crippen LogP contribution in [0, 0.1) is 5.95 Å².